The molecular weight excluding hydrogens is 368 g/mol. The van der Waals surface area contributed by atoms with Crippen LogP contribution in [0.25, 0.3) is 0 Å². The zero-order valence-corrected chi connectivity index (χ0v) is 16.3. The second kappa shape index (κ2) is 8.87. The molecule has 0 spiro atoms. The van der Waals surface area contributed by atoms with E-state index >= 15 is 0 Å². The molecule has 0 aromatic heterocycles. The van der Waals surface area contributed by atoms with Gasteiger partial charge in [-0.2, -0.15) is 0 Å². The van der Waals surface area contributed by atoms with Crippen LogP contribution >= 0.6 is 0 Å². The maximum atomic E-state index is 9.61. The van der Waals surface area contributed by atoms with E-state index in [1.165, 1.54) is 0 Å². The molecule has 2 aliphatic rings. The van der Waals surface area contributed by atoms with Crippen molar-refractivity contribution in [2.24, 2.45) is 5.92 Å². The summed E-state index contributed by atoms with van der Waals surface area (Å²) < 4.78 is 17.3. The highest BCUT2D eigenvalue weighted by Crippen LogP contribution is 2.36. The minimum absolute atomic E-state index is 0.0422. The fraction of sp³-hybridized carbons (Fsp3) is 0.417. The van der Waals surface area contributed by atoms with Crippen LogP contribution in [-0.4, -0.2) is 42.7 Å². The molecule has 0 aliphatic carbocycles. The van der Waals surface area contributed by atoms with Crippen molar-refractivity contribution in [3.05, 3.63) is 58.7 Å². The molecule has 1 saturated heterocycles. The Balaban J connectivity index is 1.59. The summed E-state index contributed by atoms with van der Waals surface area (Å²) in [7, 11) is 0. The van der Waals surface area contributed by atoms with Crippen molar-refractivity contribution in [1.82, 2.24) is 0 Å². The van der Waals surface area contributed by atoms with E-state index in [-0.39, 0.29) is 31.3 Å². The Hall–Kier alpha value is -2.52. The molecule has 3 atom stereocenters. The van der Waals surface area contributed by atoms with Gasteiger partial charge in [0.2, 0.25) is 0 Å². The Morgan fingerprint density at radius 3 is 2.55 bits per heavy atom. The molecule has 2 heterocycles. The first kappa shape index (κ1) is 19.8. The maximum Gasteiger partial charge on any atom is 0.161 e. The third kappa shape index (κ3) is 4.40. The van der Waals surface area contributed by atoms with Crippen molar-refractivity contribution in [1.29, 1.82) is 0 Å². The summed E-state index contributed by atoms with van der Waals surface area (Å²) in [6, 6.07) is 12.0. The van der Waals surface area contributed by atoms with Crippen LogP contribution in [0.4, 0.5) is 0 Å². The van der Waals surface area contributed by atoms with Crippen molar-refractivity contribution in [2.75, 3.05) is 26.4 Å². The second-order valence-electron chi connectivity index (χ2n) is 7.67. The second-order valence-corrected chi connectivity index (χ2v) is 7.67. The summed E-state index contributed by atoms with van der Waals surface area (Å²) in [5.41, 5.74) is 4.00. The van der Waals surface area contributed by atoms with Crippen LogP contribution in [0.15, 0.2) is 36.4 Å². The normalized spacial score (nSPS) is 23.4. The Morgan fingerprint density at radius 2 is 1.79 bits per heavy atom. The molecule has 2 aromatic carbocycles. The molecule has 5 nitrogen and oxygen atoms in total. The molecule has 0 saturated carbocycles. The van der Waals surface area contributed by atoms with Gasteiger partial charge >= 0.3 is 0 Å². The van der Waals surface area contributed by atoms with E-state index in [4.69, 9.17) is 20.6 Å². The highest BCUT2D eigenvalue weighted by molar-refractivity contribution is 5.48. The van der Waals surface area contributed by atoms with E-state index in [0.29, 0.717) is 26.1 Å². The average Bonchev–Trinajstić information content (AvgIpc) is 2.78. The third-order valence-corrected chi connectivity index (χ3v) is 5.62. The zero-order chi connectivity index (χ0) is 20.2. The number of aliphatic hydroxyl groups is 2. The lowest BCUT2D eigenvalue weighted by Gasteiger charge is -2.34. The maximum absolute atomic E-state index is 9.61. The van der Waals surface area contributed by atoms with Crippen LogP contribution in [0.5, 0.6) is 11.5 Å². The minimum atomic E-state index is -0.251. The number of ether oxygens (including phenoxy) is 3. The molecule has 1 fully saturated rings. The van der Waals surface area contributed by atoms with Crippen LogP contribution in [0.2, 0.25) is 0 Å². The highest BCUT2D eigenvalue weighted by atomic mass is 16.6. The smallest absolute Gasteiger partial charge is 0.161 e. The summed E-state index contributed by atoms with van der Waals surface area (Å²) in [6.45, 7) is 1.18. The Kier molecular flexibility index (Phi) is 6.05. The Morgan fingerprint density at radius 1 is 0.966 bits per heavy atom. The minimum Gasteiger partial charge on any atom is -0.486 e. The first-order chi connectivity index (χ1) is 14.2. The van der Waals surface area contributed by atoms with Crippen LogP contribution in [0, 0.1) is 18.3 Å². The predicted octanol–water partition coefficient (Wildman–Crippen LogP) is 2.85. The lowest BCUT2D eigenvalue weighted by atomic mass is 9.87. The summed E-state index contributed by atoms with van der Waals surface area (Å²) in [6.07, 6.45) is 7.40. The molecule has 3 unspecified atom stereocenters. The van der Waals surface area contributed by atoms with Crippen molar-refractivity contribution in [3.8, 4) is 23.8 Å². The van der Waals surface area contributed by atoms with E-state index < -0.39 is 0 Å². The monoisotopic (exact) mass is 394 g/mol. The van der Waals surface area contributed by atoms with Crippen LogP contribution in [-0.2, 0) is 11.2 Å². The fourth-order valence-corrected chi connectivity index (χ4v) is 4.11. The average molecular weight is 394 g/mol. The number of aliphatic hydroxyl groups excluding tert-OH is 2. The lowest BCUT2D eigenvalue weighted by Crippen LogP contribution is -2.32. The molecule has 4 rings (SSSR count). The molecule has 2 aromatic rings. The van der Waals surface area contributed by atoms with Gasteiger partial charge in [-0.1, -0.05) is 24.1 Å². The number of hydrogen-bond acceptors (Lipinski definition) is 5. The van der Waals surface area contributed by atoms with Gasteiger partial charge in [-0.3, -0.25) is 0 Å². The lowest BCUT2D eigenvalue weighted by molar-refractivity contribution is -0.0995. The van der Waals surface area contributed by atoms with Gasteiger partial charge in [0.1, 0.15) is 13.2 Å². The fourth-order valence-electron chi connectivity index (χ4n) is 4.11. The van der Waals surface area contributed by atoms with Crippen LogP contribution in [0.3, 0.4) is 0 Å². The Labute approximate surface area is 171 Å². The molecule has 5 heteroatoms. The number of benzene rings is 2. The highest BCUT2D eigenvalue weighted by Gasteiger charge is 2.30. The number of terminal acetylenes is 1. The van der Waals surface area contributed by atoms with Gasteiger partial charge in [-0.25, -0.2) is 0 Å². The summed E-state index contributed by atoms with van der Waals surface area (Å²) in [5, 5.41) is 19.2. The van der Waals surface area contributed by atoms with E-state index in [9.17, 15) is 10.2 Å². The van der Waals surface area contributed by atoms with E-state index in [1.54, 1.807) is 0 Å². The van der Waals surface area contributed by atoms with Gasteiger partial charge in [-0.15, -0.1) is 6.42 Å². The number of rotatable bonds is 5. The topological polar surface area (TPSA) is 68.2 Å². The summed E-state index contributed by atoms with van der Waals surface area (Å²) in [5.74, 6) is 4.43. The molecule has 152 valence electrons. The Bertz CT molecular complexity index is 889. The molecule has 0 amide bonds. The van der Waals surface area contributed by atoms with Gasteiger partial charge in [-0.05, 0) is 60.1 Å². The first-order valence-electron chi connectivity index (χ1n) is 10.0. The van der Waals surface area contributed by atoms with Crippen molar-refractivity contribution in [3.63, 3.8) is 0 Å². The van der Waals surface area contributed by atoms with E-state index in [2.05, 4.69) is 12.0 Å². The molecular formula is C24H26O5. The SMILES string of the molecule is C#Cc1ccc(C2CC(CO)CC(CO)O2)cc1Cc1ccc2c(c1)OCCO2. The summed E-state index contributed by atoms with van der Waals surface area (Å²) in [4.78, 5) is 0. The predicted molar refractivity (Wildman–Crippen MR) is 109 cm³/mol. The molecule has 2 aliphatic heterocycles. The first-order valence-corrected chi connectivity index (χ1v) is 10.0. The quantitative estimate of drug-likeness (QED) is 0.764. The van der Waals surface area contributed by atoms with E-state index in [0.717, 1.165) is 40.2 Å². The molecule has 29 heavy (non-hydrogen) atoms. The largest absolute Gasteiger partial charge is 0.486 e. The van der Waals surface area contributed by atoms with Gasteiger partial charge in [0.25, 0.3) is 0 Å². The standard InChI is InChI=1S/C24H26O5/c1-2-18-4-5-19(23-12-17(14-25)10-21(15-26)29-23)13-20(18)9-16-3-6-22-24(11-16)28-8-7-27-22/h1,3-6,11,13,17,21,23,25-26H,7-10,12,14-15H2. The molecule has 2 N–H and O–H groups in total. The van der Waals surface area contributed by atoms with Crippen molar-refractivity contribution in [2.45, 2.75) is 31.5 Å². The molecule has 0 radical (unpaired) electrons. The van der Waals surface area contributed by atoms with Crippen molar-refractivity contribution >= 4 is 0 Å². The van der Waals surface area contributed by atoms with Gasteiger partial charge in [0.05, 0.1) is 18.8 Å². The molecule has 0 bridgehead atoms. The zero-order valence-electron chi connectivity index (χ0n) is 16.3. The van der Waals surface area contributed by atoms with E-state index in [1.807, 2.05) is 30.3 Å². The van der Waals surface area contributed by atoms with Crippen LogP contribution in [0.1, 0.15) is 41.2 Å². The van der Waals surface area contributed by atoms with Gasteiger partial charge in [0, 0.05) is 12.2 Å². The van der Waals surface area contributed by atoms with Gasteiger partial charge in [0.15, 0.2) is 11.5 Å². The van der Waals surface area contributed by atoms with Crippen molar-refractivity contribution < 1.29 is 24.4 Å². The van der Waals surface area contributed by atoms with Crippen LogP contribution < -0.4 is 9.47 Å². The summed E-state index contributed by atoms with van der Waals surface area (Å²) >= 11 is 0. The third-order valence-electron chi connectivity index (χ3n) is 5.62. The number of fused-ring (bicyclic) bond motifs is 1. The van der Waals surface area contributed by atoms with Gasteiger partial charge < -0.3 is 24.4 Å². The number of hydrogen-bond donors (Lipinski definition) is 2.